The third kappa shape index (κ3) is 4.88. The number of methoxy groups -OCH3 is 2. The van der Waals surface area contributed by atoms with Gasteiger partial charge in [-0.05, 0) is 72.9 Å². The highest BCUT2D eigenvalue weighted by molar-refractivity contribution is 6.00. The van der Waals surface area contributed by atoms with Crippen LogP contribution in [-0.4, -0.2) is 53.5 Å². The third-order valence-electron chi connectivity index (χ3n) is 7.19. The van der Waals surface area contributed by atoms with Crippen molar-refractivity contribution in [1.82, 2.24) is 15.1 Å². The highest BCUT2D eigenvalue weighted by atomic mass is 16.5. The molecule has 1 unspecified atom stereocenters. The molecule has 2 N–H and O–H groups in total. The number of H-pyrrole nitrogens is 1. The van der Waals surface area contributed by atoms with E-state index in [0.29, 0.717) is 53.8 Å². The summed E-state index contributed by atoms with van der Waals surface area (Å²) in [5, 5.41) is 18.5. The second-order valence-corrected chi connectivity index (χ2v) is 9.85. The molecule has 1 amide bonds. The van der Waals surface area contributed by atoms with Crippen molar-refractivity contribution in [3.8, 4) is 34.3 Å². The summed E-state index contributed by atoms with van der Waals surface area (Å²) in [6.45, 7) is 8.42. The Labute approximate surface area is 233 Å². The zero-order chi connectivity index (χ0) is 28.4. The number of aromatic nitrogens is 2. The number of nitrogens with one attached hydrogen (secondary N) is 1. The standard InChI is InChI=1S/C32H33N3O5/c1-6-14-40-23-9-7-8-22(18-23)31-28-29(27-20(3)15-19(2)16-24(27)36)33-34-30(28)32(37)35(31)13-12-21-10-11-25(38-4)26(17-21)39-5/h6-11,15-18,31,36H,1,12-14H2,2-5H3,(H,33,34). The molecule has 40 heavy (non-hydrogen) atoms. The fourth-order valence-corrected chi connectivity index (χ4v) is 5.43. The first kappa shape index (κ1) is 26.9. The Hall–Kier alpha value is -4.72. The minimum atomic E-state index is -0.441. The van der Waals surface area contributed by atoms with Crippen LogP contribution in [0.2, 0.25) is 0 Å². The van der Waals surface area contributed by atoms with Gasteiger partial charge in [0.2, 0.25) is 0 Å². The molecular weight excluding hydrogens is 506 g/mol. The van der Waals surface area contributed by atoms with Crippen LogP contribution in [0, 0.1) is 13.8 Å². The van der Waals surface area contributed by atoms with Crippen molar-refractivity contribution in [3.63, 3.8) is 0 Å². The number of aryl methyl sites for hydroxylation is 2. The fourth-order valence-electron chi connectivity index (χ4n) is 5.43. The molecule has 3 aromatic carbocycles. The number of phenolic OH excluding ortho intramolecular Hbond substituents is 1. The number of carbonyl (C=O) groups is 1. The molecule has 0 aliphatic carbocycles. The summed E-state index contributed by atoms with van der Waals surface area (Å²) < 4.78 is 16.7. The average Bonchev–Trinajstić information content (AvgIpc) is 3.48. The second-order valence-electron chi connectivity index (χ2n) is 9.85. The van der Waals surface area contributed by atoms with Crippen LogP contribution < -0.4 is 14.2 Å². The first-order valence-electron chi connectivity index (χ1n) is 13.1. The zero-order valence-electron chi connectivity index (χ0n) is 23.2. The van der Waals surface area contributed by atoms with Gasteiger partial charge in [-0.1, -0.05) is 36.9 Å². The molecular formula is C32H33N3O5. The molecule has 0 saturated heterocycles. The molecule has 0 saturated carbocycles. The summed E-state index contributed by atoms with van der Waals surface area (Å²) in [5.41, 5.74) is 6.05. The quantitative estimate of drug-likeness (QED) is 0.249. The maximum absolute atomic E-state index is 13.9. The van der Waals surface area contributed by atoms with E-state index < -0.39 is 6.04 Å². The van der Waals surface area contributed by atoms with Crippen LogP contribution >= 0.6 is 0 Å². The van der Waals surface area contributed by atoms with Gasteiger partial charge in [-0.2, -0.15) is 5.10 Å². The summed E-state index contributed by atoms with van der Waals surface area (Å²) in [5.74, 6) is 1.94. The van der Waals surface area contributed by atoms with Gasteiger partial charge in [0, 0.05) is 17.7 Å². The Morgan fingerprint density at radius 1 is 1.07 bits per heavy atom. The number of rotatable bonds is 10. The molecule has 206 valence electrons. The van der Waals surface area contributed by atoms with E-state index in [0.717, 1.165) is 27.8 Å². The number of phenols is 1. The van der Waals surface area contributed by atoms with Gasteiger partial charge in [-0.15, -0.1) is 0 Å². The third-order valence-corrected chi connectivity index (χ3v) is 7.19. The molecule has 2 heterocycles. The van der Waals surface area contributed by atoms with Crippen LogP contribution in [0.5, 0.6) is 23.0 Å². The van der Waals surface area contributed by atoms with Crippen molar-refractivity contribution >= 4 is 5.91 Å². The molecule has 8 heteroatoms. The lowest BCUT2D eigenvalue weighted by Gasteiger charge is -2.27. The van der Waals surface area contributed by atoms with E-state index >= 15 is 0 Å². The molecule has 0 radical (unpaired) electrons. The lowest BCUT2D eigenvalue weighted by molar-refractivity contribution is 0.0745. The summed E-state index contributed by atoms with van der Waals surface area (Å²) in [6.07, 6.45) is 2.29. The molecule has 1 atom stereocenters. The van der Waals surface area contributed by atoms with Crippen LogP contribution in [0.1, 0.15) is 44.3 Å². The lowest BCUT2D eigenvalue weighted by atomic mass is 9.93. The maximum Gasteiger partial charge on any atom is 0.273 e. The van der Waals surface area contributed by atoms with Crippen LogP contribution in [-0.2, 0) is 6.42 Å². The summed E-state index contributed by atoms with van der Waals surface area (Å²) in [6, 6.07) is 16.8. The molecule has 0 fully saturated rings. The maximum atomic E-state index is 13.9. The van der Waals surface area contributed by atoms with Gasteiger partial charge >= 0.3 is 0 Å². The second kappa shape index (κ2) is 11.2. The van der Waals surface area contributed by atoms with Crippen molar-refractivity contribution in [2.75, 3.05) is 27.4 Å². The van der Waals surface area contributed by atoms with Crippen LogP contribution in [0.25, 0.3) is 11.3 Å². The van der Waals surface area contributed by atoms with Gasteiger partial charge in [-0.3, -0.25) is 9.89 Å². The number of carbonyl (C=O) groups excluding carboxylic acids is 1. The van der Waals surface area contributed by atoms with Gasteiger partial charge in [0.15, 0.2) is 11.5 Å². The van der Waals surface area contributed by atoms with Gasteiger partial charge in [0.1, 0.15) is 29.5 Å². The Balaban J connectivity index is 1.58. The van der Waals surface area contributed by atoms with E-state index in [-0.39, 0.29) is 11.7 Å². The fraction of sp³-hybridized carbons (Fsp3) is 0.250. The number of ether oxygens (including phenoxy) is 3. The SMILES string of the molecule is C=CCOc1cccc(C2c3c(-c4c(C)cc(C)cc4O)n[nH]c3C(=O)N2CCc2ccc(OC)c(OC)c2)c1. The van der Waals surface area contributed by atoms with Gasteiger partial charge < -0.3 is 24.2 Å². The zero-order valence-corrected chi connectivity index (χ0v) is 23.2. The largest absolute Gasteiger partial charge is 0.507 e. The van der Waals surface area contributed by atoms with Crippen molar-refractivity contribution in [1.29, 1.82) is 0 Å². The number of fused-ring (bicyclic) bond motifs is 1. The first-order valence-corrected chi connectivity index (χ1v) is 13.1. The van der Waals surface area contributed by atoms with Gasteiger partial charge in [0.25, 0.3) is 5.91 Å². The number of aromatic amines is 1. The van der Waals surface area contributed by atoms with Crippen LogP contribution in [0.15, 0.2) is 67.3 Å². The molecule has 1 aliphatic rings. The highest BCUT2D eigenvalue weighted by Gasteiger charge is 2.42. The summed E-state index contributed by atoms with van der Waals surface area (Å²) in [4.78, 5) is 15.7. The van der Waals surface area contributed by atoms with Crippen molar-refractivity contribution < 1.29 is 24.1 Å². The van der Waals surface area contributed by atoms with E-state index in [9.17, 15) is 9.90 Å². The number of aromatic hydroxyl groups is 1. The highest BCUT2D eigenvalue weighted by Crippen LogP contribution is 2.46. The van der Waals surface area contributed by atoms with E-state index in [1.54, 1.807) is 26.4 Å². The number of amides is 1. The minimum absolute atomic E-state index is 0.129. The molecule has 4 aromatic rings. The number of nitrogens with zero attached hydrogens (tertiary/aromatic N) is 2. The molecule has 1 aliphatic heterocycles. The van der Waals surface area contributed by atoms with Gasteiger partial charge in [0.05, 0.1) is 20.3 Å². The predicted octanol–water partition coefficient (Wildman–Crippen LogP) is 5.77. The molecule has 0 spiro atoms. The molecule has 1 aromatic heterocycles. The van der Waals surface area contributed by atoms with E-state index in [4.69, 9.17) is 14.2 Å². The number of benzene rings is 3. The molecule has 0 bridgehead atoms. The van der Waals surface area contributed by atoms with E-state index in [1.807, 2.05) is 67.3 Å². The summed E-state index contributed by atoms with van der Waals surface area (Å²) >= 11 is 0. The van der Waals surface area contributed by atoms with Crippen molar-refractivity contribution in [2.45, 2.75) is 26.3 Å². The van der Waals surface area contributed by atoms with E-state index in [2.05, 4.69) is 16.8 Å². The first-order chi connectivity index (χ1) is 19.4. The topological polar surface area (TPSA) is 96.9 Å². The van der Waals surface area contributed by atoms with Gasteiger partial charge in [-0.25, -0.2) is 0 Å². The monoisotopic (exact) mass is 539 g/mol. The smallest absolute Gasteiger partial charge is 0.273 e. The van der Waals surface area contributed by atoms with E-state index in [1.165, 1.54) is 0 Å². The summed E-state index contributed by atoms with van der Waals surface area (Å²) in [7, 11) is 3.21. The average molecular weight is 540 g/mol. The predicted molar refractivity (Wildman–Crippen MR) is 153 cm³/mol. The minimum Gasteiger partial charge on any atom is -0.507 e. The van der Waals surface area contributed by atoms with Crippen molar-refractivity contribution in [3.05, 3.63) is 101 Å². The molecule has 8 nitrogen and oxygen atoms in total. The lowest BCUT2D eigenvalue weighted by Crippen LogP contribution is -2.31. The van der Waals surface area contributed by atoms with Crippen molar-refractivity contribution in [2.24, 2.45) is 0 Å². The Morgan fingerprint density at radius 3 is 2.60 bits per heavy atom. The number of hydrogen-bond donors (Lipinski definition) is 2. The normalized spacial score (nSPS) is 14.2. The number of hydrogen-bond acceptors (Lipinski definition) is 6. The Kier molecular flexibility index (Phi) is 7.51. The Bertz CT molecular complexity index is 1550. The molecule has 5 rings (SSSR count). The van der Waals surface area contributed by atoms with Crippen LogP contribution in [0.3, 0.4) is 0 Å². The Morgan fingerprint density at radius 2 is 1.88 bits per heavy atom. The van der Waals surface area contributed by atoms with Crippen LogP contribution in [0.4, 0.5) is 0 Å².